The van der Waals surface area contributed by atoms with E-state index in [9.17, 15) is 14.4 Å². The maximum Gasteiger partial charge on any atom is 0.240 e. The minimum atomic E-state index is -0.368. The van der Waals surface area contributed by atoms with Crippen LogP contribution in [0.5, 0.6) is 0 Å². The molecule has 1 amide bonds. The van der Waals surface area contributed by atoms with Crippen molar-refractivity contribution in [3.63, 3.8) is 0 Å². The van der Waals surface area contributed by atoms with Crippen LogP contribution in [0.15, 0.2) is 53.7 Å². The Kier molecular flexibility index (Phi) is 5.74. The highest BCUT2D eigenvalue weighted by molar-refractivity contribution is 6.10. The lowest BCUT2D eigenvalue weighted by molar-refractivity contribution is -0.122. The average Bonchev–Trinajstić information content (AvgIpc) is 2.76. The van der Waals surface area contributed by atoms with E-state index in [2.05, 4.69) is 10.3 Å². The van der Waals surface area contributed by atoms with E-state index < -0.39 is 0 Å². The van der Waals surface area contributed by atoms with Gasteiger partial charge in [0.25, 0.3) is 0 Å². The average molecular weight is 403 g/mol. The molecule has 0 radical (unpaired) electrons. The lowest BCUT2D eigenvalue weighted by Crippen LogP contribution is -2.38. The van der Waals surface area contributed by atoms with E-state index in [1.807, 2.05) is 19.1 Å². The second-order valence-electron chi connectivity index (χ2n) is 7.99. The van der Waals surface area contributed by atoms with Crippen molar-refractivity contribution < 1.29 is 9.59 Å². The molecule has 1 fully saturated rings. The number of benzene rings is 1. The molecule has 0 bridgehead atoms. The zero-order valence-electron chi connectivity index (χ0n) is 17.1. The molecule has 0 atom stereocenters. The number of amides is 1. The standard InChI is InChI=1S/C24H25N3O3/c1-16-7-8-21-19(13-16)24(30)20(23(29)17-9-11-25-12-10-17)14-27(21)15-22(28)26-18-5-3-2-4-6-18/h7-14,18H,2-6,15H2,1H3,(H,26,28). The molecule has 2 heterocycles. The fourth-order valence-electron chi connectivity index (χ4n) is 4.14. The van der Waals surface area contributed by atoms with E-state index in [4.69, 9.17) is 0 Å². The van der Waals surface area contributed by atoms with Crippen molar-refractivity contribution >= 4 is 22.6 Å². The number of nitrogens with one attached hydrogen (secondary N) is 1. The number of carbonyl (C=O) groups excluding carboxylic acids is 2. The number of rotatable bonds is 5. The fraction of sp³-hybridized carbons (Fsp3) is 0.333. The van der Waals surface area contributed by atoms with Crippen LogP contribution in [-0.2, 0) is 11.3 Å². The van der Waals surface area contributed by atoms with Crippen molar-refractivity contribution in [2.24, 2.45) is 0 Å². The van der Waals surface area contributed by atoms with Crippen LogP contribution in [0, 0.1) is 6.92 Å². The summed E-state index contributed by atoms with van der Waals surface area (Å²) in [5.41, 5.74) is 1.71. The van der Waals surface area contributed by atoms with E-state index in [0.29, 0.717) is 16.5 Å². The van der Waals surface area contributed by atoms with Gasteiger partial charge in [0.1, 0.15) is 6.54 Å². The largest absolute Gasteiger partial charge is 0.352 e. The minimum Gasteiger partial charge on any atom is -0.352 e. The summed E-state index contributed by atoms with van der Waals surface area (Å²) in [5, 5.41) is 3.55. The third-order valence-electron chi connectivity index (χ3n) is 5.71. The highest BCUT2D eigenvalue weighted by atomic mass is 16.2. The molecule has 1 N–H and O–H groups in total. The molecule has 0 saturated heterocycles. The topological polar surface area (TPSA) is 81.1 Å². The van der Waals surface area contributed by atoms with Crippen molar-refractivity contribution in [2.75, 3.05) is 0 Å². The summed E-state index contributed by atoms with van der Waals surface area (Å²) in [6, 6.07) is 8.89. The first-order valence-corrected chi connectivity index (χ1v) is 10.4. The van der Waals surface area contributed by atoms with Gasteiger partial charge in [0.05, 0.1) is 11.1 Å². The predicted molar refractivity (Wildman–Crippen MR) is 116 cm³/mol. The Morgan fingerprint density at radius 3 is 2.57 bits per heavy atom. The molecule has 6 heteroatoms. The lowest BCUT2D eigenvalue weighted by atomic mass is 9.95. The van der Waals surface area contributed by atoms with Crippen LogP contribution >= 0.6 is 0 Å². The number of pyridine rings is 2. The summed E-state index contributed by atoms with van der Waals surface area (Å²) < 4.78 is 1.71. The van der Waals surface area contributed by atoms with Gasteiger partial charge in [0.15, 0.2) is 5.78 Å². The number of aryl methyl sites for hydroxylation is 1. The molecule has 0 aliphatic heterocycles. The molecular formula is C24H25N3O3. The van der Waals surface area contributed by atoms with E-state index in [1.165, 1.54) is 25.0 Å². The molecule has 30 heavy (non-hydrogen) atoms. The number of aromatic nitrogens is 2. The van der Waals surface area contributed by atoms with Gasteiger partial charge in [-0.05, 0) is 44.0 Å². The van der Waals surface area contributed by atoms with Gasteiger partial charge >= 0.3 is 0 Å². The van der Waals surface area contributed by atoms with Gasteiger partial charge in [-0.1, -0.05) is 30.9 Å². The van der Waals surface area contributed by atoms with Gasteiger partial charge in [-0.2, -0.15) is 0 Å². The molecule has 1 saturated carbocycles. The number of ketones is 1. The highest BCUT2D eigenvalue weighted by Gasteiger charge is 2.20. The highest BCUT2D eigenvalue weighted by Crippen LogP contribution is 2.19. The van der Waals surface area contributed by atoms with Gasteiger partial charge in [-0.3, -0.25) is 19.4 Å². The number of nitrogens with zero attached hydrogens (tertiary/aromatic N) is 2. The van der Waals surface area contributed by atoms with Gasteiger partial charge in [0.2, 0.25) is 11.3 Å². The van der Waals surface area contributed by atoms with Crippen molar-refractivity contribution in [3.8, 4) is 0 Å². The first-order chi connectivity index (χ1) is 14.5. The van der Waals surface area contributed by atoms with Crippen LogP contribution in [0.2, 0.25) is 0 Å². The summed E-state index contributed by atoms with van der Waals surface area (Å²) in [6.07, 6.45) is 10.1. The van der Waals surface area contributed by atoms with E-state index in [1.54, 1.807) is 22.8 Å². The maximum atomic E-state index is 13.1. The third kappa shape index (κ3) is 4.17. The van der Waals surface area contributed by atoms with Gasteiger partial charge in [-0.25, -0.2) is 0 Å². The summed E-state index contributed by atoms with van der Waals surface area (Å²) in [7, 11) is 0. The smallest absolute Gasteiger partial charge is 0.240 e. The van der Waals surface area contributed by atoms with Crippen LogP contribution < -0.4 is 10.7 Å². The zero-order valence-corrected chi connectivity index (χ0v) is 17.1. The van der Waals surface area contributed by atoms with Crippen LogP contribution in [0.4, 0.5) is 0 Å². The molecule has 1 aliphatic carbocycles. The van der Waals surface area contributed by atoms with E-state index in [-0.39, 0.29) is 35.3 Å². The number of carbonyl (C=O) groups is 2. The Morgan fingerprint density at radius 1 is 1.10 bits per heavy atom. The normalized spacial score (nSPS) is 14.6. The number of hydrogen-bond acceptors (Lipinski definition) is 4. The SMILES string of the molecule is Cc1ccc2c(c1)c(=O)c(C(=O)c1ccncc1)cn2CC(=O)NC1CCCCC1. The second kappa shape index (κ2) is 8.61. The van der Waals surface area contributed by atoms with Crippen LogP contribution in [0.1, 0.15) is 53.6 Å². The monoisotopic (exact) mass is 403 g/mol. The molecule has 3 aromatic rings. The molecule has 1 aliphatic rings. The maximum absolute atomic E-state index is 13.1. The Balaban J connectivity index is 1.72. The molecular weight excluding hydrogens is 378 g/mol. The molecule has 1 aromatic carbocycles. The summed E-state index contributed by atoms with van der Waals surface area (Å²) in [5.74, 6) is -0.470. The lowest BCUT2D eigenvalue weighted by Gasteiger charge is -2.23. The second-order valence-corrected chi connectivity index (χ2v) is 7.99. The van der Waals surface area contributed by atoms with E-state index >= 15 is 0 Å². The van der Waals surface area contributed by atoms with Crippen LogP contribution in [0.3, 0.4) is 0 Å². The fourth-order valence-corrected chi connectivity index (χ4v) is 4.14. The molecule has 0 unspecified atom stereocenters. The molecule has 2 aromatic heterocycles. The Morgan fingerprint density at radius 2 is 1.83 bits per heavy atom. The van der Waals surface area contributed by atoms with Gasteiger partial charge < -0.3 is 9.88 Å². The summed E-state index contributed by atoms with van der Waals surface area (Å²) in [6.45, 7) is 1.96. The molecule has 0 spiro atoms. The minimum absolute atomic E-state index is 0.0600. The zero-order chi connectivity index (χ0) is 21.1. The first kappa shape index (κ1) is 20.0. The summed E-state index contributed by atoms with van der Waals surface area (Å²) >= 11 is 0. The quantitative estimate of drug-likeness (QED) is 0.662. The molecule has 4 rings (SSSR count). The van der Waals surface area contributed by atoms with Crippen molar-refractivity contribution in [2.45, 2.75) is 51.6 Å². The predicted octanol–water partition coefficient (Wildman–Crippen LogP) is 3.38. The van der Waals surface area contributed by atoms with E-state index in [0.717, 1.165) is 31.2 Å². The Labute approximate surface area is 174 Å². The molecule has 6 nitrogen and oxygen atoms in total. The van der Waals surface area contributed by atoms with Crippen molar-refractivity contribution in [3.05, 3.63) is 75.8 Å². The number of fused-ring (bicyclic) bond motifs is 1. The Bertz CT molecular complexity index is 1150. The van der Waals surface area contributed by atoms with Crippen molar-refractivity contribution in [1.29, 1.82) is 0 Å². The van der Waals surface area contributed by atoms with Gasteiger partial charge in [0, 0.05) is 35.6 Å². The van der Waals surface area contributed by atoms with Crippen LogP contribution in [-0.4, -0.2) is 27.3 Å². The molecule has 154 valence electrons. The third-order valence-corrected chi connectivity index (χ3v) is 5.71. The summed E-state index contributed by atoms with van der Waals surface area (Å²) in [4.78, 5) is 42.8. The number of hydrogen-bond donors (Lipinski definition) is 1. The van der Waals surface area contributed by atoms with Crippen molar-refractivity contribution in [1.82, 2.24) is 14.9 Å². The first-order valence-electron chi connectivity index (χ1n) is 10.4. The van der Waals surface area contributed by atoms with Crippen LogP contribution in [0.25, 0.3) is 10.9 Å². The Hall–Kier alpha value is -3.28. The van der Waals surface area contributed by atoms with Gasteiger partial charge in [-0.15, -0.1) is 0 Å².